The highest BCUT2D eigenvalue weighted by Crippen LogP contribution is 2.33. The fraction of sp³-hybridized carbons (Fsp3) is 0.310. The van der Waals surface area contributed by atoms with Crippen molar-refractivity contribution in [1.29, 1.82) is 0 Å². The number of ether oxygens (including phenoxy) is 3. The van der Waals surface area contributed by atoms with Gasteiger partial charge in [0.05, 0.1) is 7.11 Å². The first kappa shape index (κ1) is 26.8. The first-order valence-electron chi connectivity index (χ1n) is 12.5. The summed E-state index contributed by atoms with van der Waals surface area (Å²) in [5, 5.41) is 18.3. The van der Waals surface area contributed by atoms with Crippen molar-refractivity contribution in [2.45, 2.75) is 13.0 Å². The van der Waals surface area contributed by atoms with Crippen LogP contribution in [0.15, 0.2) is 61.2 Å². The molecule has 0 aromatic heterocycles. The number of phenolic OH excluding ortho intramolecular Hbond substituents is 1. The maximum atomic E-state index is 12.5. The lowest BCUT2D eigenvalue weighted by atomic mass is 10.1. The Bertz CT molecular complexity index is 1240. The summed E-state index contributed by atoms with van der Waals surface area (Å²) in [5.74, 6) is 0.701. The fourth-order valence-electron chi connectivity index (χ4n) is 4.32. The number of hydrogen-bond acceptors (Lipinski definition) is 7. The molecular formula is C29H33N3O6. The number of phenols is 1. The van der Waals surface area contributed by atoms with Gasteiger partial charge in [0.25, 0.3) is 11.8 Å². The number of amides is 2. The van der Waals surface area contributed by atoms with Crippen molar-refractivity contribution in [3.05, 3.63) is 72.3 Å². The van der Waals surface area contributed by atoms with Crippen LogP contribution in [0.5, 0.6) is 23.0 Å². The third kappa shape index (κ3) is 6.95. The largest absolute Gasteiger partial charge is 0.504 e. The van der Waals surface area contributed by atoms with Crippen LogP contribution in [0.4, 0.5) is 0 Å². The highest BCUT2D eigenvalue weighted by Gasteiger charge is 2.17. The van der Waals surface area contributed by atoms with Crippen LogP contribution in [0.25, 0.3) is 10.8 Å². The van der Waals surface area contributed by atoms with E-state index in [4.69, 9.17) is 14.2 Å². The van der Waals surface area contributed by atoms with Gasteiger partial charge in [0.15, 0.2) is 36.2 Å². The molecule has 3 aromatic rings. The number of nitrogens with zero attached hydrogens (tertiary/aromatic N) is 1. The summed E-state index contributed by atoms with van der Waals surface area (Å²) in [6.45, 7) is 5.51. The van der Waals surface area contributed by atoms with Gasteiger partial charge in [-0.3, -0.25) is 14.5 Å². The number of nitrogens with one attached hydrogen (secondary N) is 2. The Morgan fingerprint density at radius 3 is 2.08 bits per heavy atom. The molecule has 200 valence electrons. The van der Waals surface area contributed by atoms with Crippen LogP contribution in [0.2, 0.25) is 0 Å². The molecule has 0 unspecified atom stereocenters. The number of aromatic hydroxyl groups is 1. The zero-order valence-electron chi connectivity index (χ0n) is 21.5. The zero-order chi connectivity index (χ0) is 26.9. The van der Waals surface area contributed by atoms with Crippen molar-refractivity contribution in [1.82, 2.24) is 15.5 Å². The minimum Gasteiger partial charge on any atom is -0.504 e. The molecule has 0 aliphatic carbocycles. The molecule has 0 bridgehead atoms. The van der Waals surface area contributed by atoms with Gasteiger partial charge in [-0.2, -0.15) is 0 Å². The van der Waals surface area contributed by atoms with Gasteiger partial charge in [0.2, 0.25) is 0 Å². The van der Waals surface area contributed by atoms with E-state index < -0.39 is 0 Å². The zero-order valence-corrected chi connectivity index (χ0v) is 21.5. The summed E-state index contributed by atoms with van der Waals surface area (Å²) in [7, 11) is 1.51. The molecule has 0 saturated carbocycles. The average Bonchev–Trinajstić information content (AvgIpc) is 2.92. The highest BCUT2D eigenvalue weighted by molar-refractivity contribution is 5.86. The van der Waals surface area contributed by atoms with Crippen LogP contribution >= 0.6 is 0 Å². The monoisotopic (exact) mass is 519 g/mol. The predicted molar refractivity (Wildman–Crippen MR) is 145 cm³/mol. The second kappa shape index (κ2) is 12.8. The van der Waals surface area contributed by atoms with E-state index in [-0.39, 0.29) is 30.8 Å². The van der Waals surface area contributed by atoms with Gasteiger partial charge >= 0.3 is 0 Å². The van der Waals surface area contributed by atoms with Crippen LogP contribution in [-0.4, -0.2) is 68.3 Å². The number of methoxy groups -OCH3 is 1. The number of benzene rings is 3. The van der Waals surface area contributed by atoms with Crippen molar-refractivity contribution in [2.24, 2.45) is 0 Å². The van der Waals surface area contributed by atoms with Gasteiger partial charge in [-0.05, 0) is 41.0 Å². The predicted octanol–water partition coefficient (Wildman–Crippen LogP) is 2.79. The van der Waals surface area contributed by atoms with Crippen molar-refractivity contribution < 1.29 is 28.9 Å². The Labute approximate surface area is 222 Å². The number of allylic oxidation sites excluding steroid dienone is 1. The average molecular weight is 520 g/mol. The molecule has 1 heterocycles. The van der Waals surface area contributed by atoms with Crippen LogP contribution in [0, 0.1) is 0 Å². The van der Waals surface area contributed by atoms with E-state index in [0.29, 0.717) is 62.0 Å². The van der Waals surface area contributed by atoms with Gasteiger partial charge in [0.1, 0.15) is 0 Å². The van der Waals surface area contributed by atoms with Crippen LogP contribution in [0.3, 0.4) is 0 Å². The van der Waals surface area contributed by atoms with E-state index in [1.54, 1.807) is 24.3 Å². The smallest absolute Gasteiger partial charge is 0.257 e. The van der Waals surface area contributed by atoms with Gasteiger partial charge in [-0.25, -0.2) is 0 Å². The van der Waals surface area contributed by atoms with Crippen molar-refractivity contribution in [3.63, 3.8) is 0 Å². The number of rotatable bonds is 5. The third-order valence-electron chi connectivity index (χ3n) is 6.24. The van der Waals surface area contributed by atoms with Crippen LogP contribution in [-0.2, 0) is 22.6 Å². The highest BCUT2D eigenvalue weighted by atomic mass is 16.5. The number of carbonyl (C=O) groups is 2. The molecule has 3 N–H and O–H groups in total. The van der Waals surface area contributed by atoms with E-state index in [1.165, 1.54) is 7.11 Å². The SMILES string of the molecule is C=CCc1cc(CN2CCNC(=O)COc3cc4ccccc4cc3OCC(=O)NCC2)c(O)c(OC)c1. The summed E-state index contributed by atoms with van der Waals surface area (Å²) in [4.78, 5) is 27.1. The van der Waals surface area contributed by atoms with Gasteiger partial charge in [-0.1, -0.05) is 36.4 Å². The van der Waals surface area contributed by atoms with E-state index >= 15 is 0 Å². The second-order valence-corrected chi connectivity index (χ2v) is 9.00. The van der Waals surface area contributed by atoms with Crippen LogP contribution < -0.4 is 24.8 Å². The molecule has 9 heteroatoms. The molecule has 2 amide bonds. The Hall–Kier alpha value is -4.24. The molecule has 0 radical (unpaired) electrons. The Kier molecular flexibility index (Phi) is 9.05. The molecule has 0 spiro atoms. The van der Waals surface area contributed by atoms with Crippen LogP contribution in [0.1, 0.15) is 11.1 Å². The Morgan fingerprint density at radius 2 is 1.55 bits per heavy atom. The lowest BCUT2D eigenvalue weighted by molar-refractivity contribution is -0.124. The summed E-state index contributed by atoms with van der Waals surface area (Å²) < 4.78 is 16.9. The van der Waals surface area contributed by atoms with Gasteiger partial charge in [-0.15, -0.1) is 6.58 Å². The Balaban J connectivity index is 1.49. The first-order chi connectivity index (χ1) is 18.5. The normalized spacial score (nSPS) is 15.6. The first-order valence-corrected chi connectivity index (χ1v) is 12.5. The molecule has 1 aliphatic heterocycles. The lowest BCUT2D eigenvalue weighted by Gasteiger charge is -2.24. The third-order valence-corrected chi connectivity index (χ3v) is 6.24. The maximum Gasteiger partial charge on any atom is 0.257 e. The van der Waals surface area contributed by atoms with Crippen molar-refractivity contribution >= 4 is 22.6 Å². The molecule has 0 fully saturated rings. The minimum atomic E-state index is -0.273. The standard InChI is InChI=1S/C29H33N3O6/c1-3-6-20-13-23(29(35)26(14-20)36-2)17-32-11-9-30-27(33)18-37-24-15-21-7-4-5-8-22(21)16-25(24)38-19-28(34)31-10-12-32/h3-5,7-8,13-16,35H,1,6,9-12,17-19H2,2H3,(H,30,33)(H,31,34). The number of fused-ring (bicyclic) bond motifs is 2. The Morgan fingerprint density at radius 1 is 0.974 bits per heavy atom. The maximum absolute atomic E-state index is 12.5. The summed E-state index contributed by atoms with van der Waals surface area (Å²) in [6, 6.07) is 15.0. The minimum absolute atomic E-state index is 0.0660. The van der Waals surface area contributed by atoms with Gasteiger partial charge in [0, 0.05) is 38.3 Å². The molecule has 38 heavy (non-hydrogen) atoms. The van der Waals surface area contributed by atoms with E-state index in [9.17, 15) is 14.7 Å². The van der Waals surface area contributed by atoms with Gasteiger partial charge < -0.3 is 30.0 Å². The molecule has 3 aromatic carbocycles. The van der Waals surface area contributed by atoms with Crippen molar-refractivity contribution in [3.8, 4) is 23.0 Å². The molecule has 0 atom stereocenters. The molecule has 4 rings (SSSR count). The van der Waals surface area contributed by atoms with E-state index in [0.717, 1.165) is 16.3 Å². The molecule has 9 nitrogen and oxygen atoms in total. The molecule has 0 saturated heterocycles. The molecular weight excluding hydrogens is 486 g/mol. The summed E-state index contributed by atoms with van der Waals surface area (Å²) >= 11 is 0. The quantitative estimate of drug-likeness (QED) is 0.445. The van der Waals surface area contributed by atoms with E-state index in [2.05, 4.69) is 17.2 Å². The summed E-state index contributed by atoms with van der Waals surface area (Å²) in [5.41, 5.74) is 1.65. The number of carbonyl (C=O) groups excluding carboxylic acids is 2. The topological polar surface area (TPSA) is 109 Å². The fourth-order valence-corrected chi connectivity index (χ4v) is 4.32. The molecule has 1 aliphatic rings. The lowest BCUT2D eigenvalue weighted by Crippen LogP contribution is -2.40. The second-order valence-electron chi connectivity index (χ2n) is 9.00. The van der Waals surface area contributed by atoms with Crippen molar-refractivity contribution in [2.75, 3.05) is 46.5 Å². The van der Waals surface area contributed by atoms with E-state index in [1.807, 2.05) is 35.2 Å². The number of hydrogen-bond donors (Lipinski definition) is 3. The summed E-state index contributed by atoms with van der Waals surface area (Å²) in [6.07, 6.45) is 2.42.